The van der Waals surface area contributed by atoms with Gasteiger partial charge in [-0.25, -0.2) is 0 Å². The fourth-order valence-corrected chi connectivity index (χ4v) is 6.21. The summed E-state index contributed by atoms with van der Waals surface area (Å²) in [7, 11) is 4.54. The van der Waals surface area contributed by atoms with E-state index in [1.165, 1.54) is 42.7 Å². The predicted molar refractivity (Wildman–Crippen MR) is 222 cm³/mol. The summed E-state index contributed by atoms with van der Waals surface area (Å²) in [4.78, 5) is 42.2. The SMILES string of the molecule is COc1cc(C(=O)N2CCCN(CCN=C(N)N)CC2)cc(OC)c1OC.COc1cc(C(=O)N2CCCN(CCN=C(N)N)CC2)cc(OC)c1OC.O=S(=O)(O)O. The molecule has 332 valence electrons. The Morgan fingerprint density at radius 1 is 0.559 bits per heavy atom. The smallest absolute Gasteiger partial charge is 0.394 e. The molecule has 2 heterocycles. The third-order valence-electron chi connectivity index (χ3n) is 9.00. The minimum Gasteiger partial charge on any atom is -0.493 e. The summed E-state index contributed by atoms with van der Waals surface area (Å²) in [6.07, 6.45) is 1.77. The first-order chi connectivity index (χ1) is 28.0. The van der Waals surface area contributed by atoms with Crippen molar-refractivity contribution >= 4 is 34.1 Å². The maximum atomic E-state index is 13.0. The summed E-state index contributed by atoms with van der Waals surface area (Å²) in [6.45, 7) is 8.65. The highest BCUT2D eigenvalue weighted by molar-refractivity contribution is 7.79. The Balaban J connectivity index is 0.000000365. The second kappa shape index (κ2) is 25.1. The molecule has 23 heteroatoms. The van der Waals surface area contributed by atoms with Gasteiger partial charge >= 0.3 is 10.4 Å². The van der Waals surface area contributed by atoms with Gasteiger partial charge < -0.3 is 61.2 Å². The van der Waals surface area contributed by atoms with E-state index in [1.807, 2.05) is 9.80 Å². The van der Waals surface area contributed by atoms with E-state index >= 15 is 0 Å². The number of aliphatic imine (C=N–C) groups is 2. The molecule has 22 nitrogen and oxygen atoms in total. The molecule has 59 heavy (non-hydrogen) atoms. The molecule has 0 atom stereocenters. The van der Waals surface area contributed by atoms with Gasteiger partial charge in [-0.1, -0.05) is 0 Å². The standard InChI is InChI=1S/2C18H29N5O4.H2O4S/c2*1-25-14-11-13(12-15(26-2)16(14)27-3)17(24)23-7-4-6-22(9-10-23)8-5-21-18(19)20;1-5(2,3)4/h2*11-12H,4-10H2,1-3H3,(H4,19,20,21);(H2,1,2,3,4). The van der Waals surface area contributed by atoms with E-state index in [1.54, 1.807) is 24.3 Å². The van der Waals surface area contributed by atoms with Crippen molar-refractivity contribution < 1.29 is 55.5 Å². The molecule has 2 aliphatic rings. The topological polar surface area (TPSA) is 306 Å². The van der Waals surface area contributed by atoms with Crippen LogP contribution in [0.4, 0.5) is 0 Å². The van der Waals surface area contributed by atoms with Crippen molar-refractivity contribution in [2.24, 2.45) is 32.9 Å². The number of nitrogens with two attached hydrogens (primary N) is 4. The maximum absolute atomic E-state index is 13.0. The van der Waals surface area contributed by atoms with Gasteiger partial charge in [0.2, 0.25) is 11.5 Å². The third kappa shape index (κ3) is 17.1. The maximum Gasteiger partial charge on any atom is 0.394 e. The quantitative estimate of drug-likeness (QED) is 0.0801. The van der Waals surface area contributed by atoms with E-state index < -0.39 is 10.4 Å². The number of methoxy groups -OCH3 is 6. The van der Waals surface area contributed by atoms with Crippen molar-refractivity contribution in [3.63, 3.8) is 0 Å². The zero-order valence-electron chi connectivity index (χ0n) is 34.6. The molecule has 0 aliphatic carbocycles. The first kappa shape index (κ1) is 49.7. The van der Waals surface area contributed by atoms with Crippen LogP contribution in [0.5, 0.6) is 34.5 Å². The fourth-order valence-electron chi connectivity index (χ4n) is 6.21. The number of hydrogen-bond donors (Lipinski definition) is 6. The van der Waals surface area contributed by atoms with Crippen LogP contribution < -0.4 is 51.4 Å². The molecular formula is C36H60N10O12S. The van der Waals surface area contributed by atoms with Crippen molar-refractivity contribution in [2.75, 3.05) is 121 Å². The van der Waals surface area contributed by atoms with Gasteiger partial charge in [-0.15, -0.1) is 0 Å². The molecule has 0 radical (unpaired) electrons. The van der Waals surface area contributed by atoms with Crippen LogP contribution in [0.25, 0.3) is 0 Å². The normalized spacial score (nSPS) is 14.7. The monoisotopic (exact) mass is 856 g/mol. The minimum atomic E-state index is -4.67. The molecule has 2 fully saturated rings. The summed E-state index contributed by atoms with van der Waals surface area (Å²) in [5.41, 5.74) is 22.5. The van der Waals surface area contributed by atoms with E-state index in [-0.39, 0.29) is 23.7 Å². The van der Waals surface area contributed by atoms with Crippen LogP contribution >= 0.6 is 0 Å². The summed E-state index contributed by atoms with van der Waals surface area (Å²) in [5.74, 6) is 2.90. The van der Waals surface area contributed by atoms with Crippen molar-refractivity contribution in [1.82, 2.24) is 19.6 Å². The number of amides is 2. The lowest BCUT2D eigenvalue weighted by Gasteiger charge is -2.22. The molecule has 0 spiro atoms. The molecule has 2 aromatic rings. The molecule has 0 unspecified atom stereocenters. The van der Waals surface area contributed by atoms with Crippen molar-refractivity contribution in [1.29, 1.82) is 0 Å². The molecule has 0 aromatic heterocycles. The zero-order valence-corrected chi connectivity index (χ0v) is 35.4. The largest absolute Gasteiger partial charge is 0.493 e. The highest BCUT2D eigenvalue weighted by Gasteiger charge is 2.25. The van der Waals surface area contributed by atoms with Crippen LogP contribution in [0.1, 0.15) is 33.6 Å². The summed E-state index contributed by atoms with van der Waals surface area (Å²) in [6, 6.07) is 6.74. The molecule has 0 saturated carbocycles. The van der Waals surface area contributed by atoms with E-state index in [0.29, 0.717) is 84.9 Å². The first-order valence-corrected chi connectivity index (χ1v) is 19.8. The Morgan fingerprint density at radius 3 is 1.12 bits per heavy atom. The van der Waals surface area contributed by atoms with Gasteiger partial charge in [0.15, 0.2) is 34.9 Å². The Hall–Kier alpha value is -5.49. The van der Waals surface area contributed by atoms with Crippen LogP contribution in [0.3, 0.4) is 0 Å². The van der Waals surface area contributed by atoms with Crippen LogP contribution in [0.15, 0.2) is 34.3 Å². The molecule has 4 rings (SSSR count). The summed E-state index contributed by atoms with van der Waals surface area (Å²) >= 11 is 0. The lowest BCUT2D eigenvalue weighted by Crippen LogP contribution is -2.36. The molecule has 2 aromatic carbocycles. The molecule has 0 bridgehead atoms. The number of hydrogen-bond acceptors (Lipinski definition) is 14. The Morgan fingerprint density at radius 2 is 0.864 bits per heavy atom. The summed E-state index contributed by atoms with van der Waals surface area (Å²) in [5, 5.41) is 0. The number of benzene rings is 2. The van der Waals surface area contributed by atoms with Crippen LogP contribution in [0, 0.1) is 0 Å². The highest BCUT2D eigenvalue weighted by Crippen LogP contribution is 2.39. The fraction of sp³-hybridized carbons (Fsp3) is 0.556. The number of carbonyl (C=O) groups is 2. The van der Waals surface area contributed by atoms with Gasteiger partial charge in [0.25, 0.3) is 11.8 Å². The van der Waals surface area contributed by atoms with E-state index in [9.17, 15) is 9.59 Å². The highest BCUT2D eigenvalue weighted by atomic mass is 32.3. The van der Waals surface area contributed by atoms with E-state index in [2.05, 4.69) is 19.8 Å². The molecule has 2 aliphatic heterocycles. The predicted octanol–water partition coefficient (Wildman–Crippen LogP) is -0.385. The zero-order chi connectivity index (χ0) is 44.1. The van der Waals surface area contributed by atoms with Gasteiger partial charge in [0.1, 0.15) is 0 Å². The average molecular weight is 857 g/mol. The second-order valence-corrected chi connectivity index (χ2v) is 13.8. The second-order valence-electron chi connectivity index (χ2n) is 12.9. The average Bonchev–Trinajstić information content (AvgIpc) is 3.59. The van der Waals surface area contributed by atoms with Gasteiger partial charge in [0, 0.05) is 63.5 Å². The first-order valence-electron chi connectivity index (χ1n) is 18.4. The number of guanidine groups is 2. The molecular weight excluding hydrogens is 797 g/mol. The minimum absolute atomic E-state index is 0.0553. The van der Waals surface area contributed by atoms with Gasteiger partial charge in [-0.05, 0) is 50.2 Å². The Labute approximate surface area is 345 Å². The molecule has 10 N–H and O–H groups in total. The number of rotatable bonds is 14. The van der Waals surface area contributed by atoms with Gasteiger partial charge in [0.05, 0.1) is 55.7 Å². The molecule has 2 saturated heterocycles. The van der Waals surface area contributed by atoms with Crippen LogP contribution in [-0.4, -0.2) is 182 Å². The van der Waals surface area contributed by atoms with Gasteiger partial charge in [-0.2, -0.15) is 8.42 Å². The lowest BCUT2D eigenvalue weighted by molar-refractivity contribution is 0.0753. The molecule has 2 amide bonds. The number of carbonyl (C=O) groups excluding carboxylic acids is 2. The number of ether oxygens (including phenoxy) is 6. The lowest BCUT2D eigenvalue weighted by atomic mass is 10.1. The third-order valence-corrected chi connectivity index (χ3v) is 9.00. The Kier molecular flexibility index (Phi) is 21.1. The van der Waals surface area contributed by atoms with E-state index in [4.69, 9.17) is 68.9 Å². The number of nitrogens with zero attached hydrogens (tertiary/aromatic N) is 6. The van der Waals surface area contributed by atoms with Crippen molar-refractivity contribution in [3.8, 4) is 34.5 Å². The van der Waals surface area contributed by atoms with Crippen molar-refractivity contribution in [3.05, 3.63) is 35.4 Å². The van der Waals surface area contributed by atoms with E-state index in [0.717, 1.165) is 52.1 Å². The Bertz CT molecular complexity index is 1650. The van der Waals surface area contributed by atoms with Gasteiger partial charge in [-0.3, -0.25) is 38.5 Å². The summed E-state index contributed by atoms with van der Waals surface area (Å²) < 4.78 is 63.6. The van der Waals surface area contributed by atoms with Crippen molar-refractivity contribution in [2.45, 2.75) is 12.8 Å². The van der Waals surface area contributed by atoms with Crippen LogP contribution in [0.2, 0.25) is 0 Å². The van der Waals surface area contributed by atoms with Crippen LogP contribution in [-0.2, 0) is 10.4 Å².